The van der Waals surface area contributed by atoms with E-state index in [1.165, 1.54) is 12.1 Å². The highest BCUT2D eigenvalue weighted by molar-refractivity contribution is 7.89. The van der Waals surface area contributed by atoms with Gasteiger partial charge in [0.2, 0.25) is 10.0 Å². The number of halogens is 1. The third kappa shape index (κ3) is 7.41. The van der Waals surface area contributed by atoms with E-state index in [2.05, 4.69) is 5.32 Å². The summed E-state index contributed by atoms with van der Waals surface area (Å²) < 4.78 is 27.7. The molecule has 4 N–H and O–H groups in total. The number of benzene rings is 2. The van der Waals surface area contributed by atoms with Crippen molar-refractivity contribution in [1.29, 1.82) is 0 Å². The molecule has 2 rings (SSSR count). The molecule has 0 aliphatic rings. The summed E-state index contributed by atoms with van der Waals surface area (Å²) in [6.07, 6.45) is 0.794. The monoisotopic (exact) mass is 386 g/mol. The molecule has 0 aliphatic carbocycles. The number of aliphatic hydroxyl groups excluding tert-OH is 1. The van der Waals surface area contributed by atoms with Crippen LogP contribution in [0, 0.1) is 0 Å². The van der Waals surface area contributed by atoms with E-state index in [-0.39, 0.29) is 23.9 Å². The molecule has 25 heavy (non-hydrogen) atoms. The lowest BCUT2D eigenvalue weighted by Gasteiger charge is -2.08. The summed E-state index contributed by atoms with van der Waals surface area (Å²) in [5, 5.41) is 17.1. The molecule has 8 heteroatoms. The van der Waals surface area contributed by atoms with Crippen molar-refractivity contribution in [2.45, 2.75) is 17.9 Å². The molecule has 6 nitrogen and oxygen atoms in total. The van der Waals surface area contributed by atoms with E-state index in [4.69, 9.17) is 15.0 Å². The van der Waals surface area contributed by atoms with Gasteiger partial charge in [0, 0.05) is 6.54 Å². The first-order valence-electron chi connectivity index (χ1n) is 7.64. The normalized spacial score (nSPS) is 11.0. The number of nitrogens with one attached hydrogen (secondary N) is 1. The standard InChI is InChI=1S/C17H22N2O4S.ClH/c18-24(21,22)17-7-3-14(4-8-17)9-10-19-13-15-1-5-16(6-2-15)23-12-11-20;/h1-8,19-20H,9-13H2,(H2,18,21,22);1H. The Kier molecular flexibility index (Phi) is 8.88. The summed E-state index contributed by atoms with van der Waals surface area (Å²) in [5.74, 6) is 0.739. The summed E-state index contributed by atoms with van der Waals surface area (Å²) in [6.45, 7) is 1.80. The van der Waals surface area contributed by atoms with E-state index in [0.29, 0.717) is 6.61 Å². The predicted octanol–water partition coefficient (Wildman–Crippen LogP) is 1.46. The average molecular weight is 387 g/mol. The molecule has 0 amide bonds. The first-order valence-corrected chi connectivity index (χ1v) is 9.19. The molecule has 0 aromatic heterocycles. The van der Waals surface area contributed by atoms with Gasteiger partial charge < -0.3 is 15.2 Å². The Morgan fingerprint density at radius 2 is 1.60 bits per heavy atom. The van der Waals surface area contributed by atoms with Gasteiger partial charge in [0.1, 0.15) is 12.4 Å². The van der Waals surface area contributed by atoms with Crippen LogP contribution in [-0.4, -0.2) is 33.3 Å². The topological polar surface area (TPSA) is 102 Å². The fourth-order valence-corrected chi connectivity index (χ4v) is 2.69. The van der Waals surface area contributed by atoms with Gasteiger partial charge in [0.25, 0.3) is 0 Å². The van der Waals surface area contributed by atoms with Crippen molar-refractivity contribution in [1.82, 2.24) is 5.32 Å². The first-order chi connectivity index (χ1) is 11.5. The number of hydrogen-bond donors (Lipinski definition) is 3. The van der Waals surface area contributed by atoms with Crippen LogP contribution in [0.1, 0.15) is 11.1 Å². The second kappa shape index (κ2) is 10.4. The van der Waals surface area contributed by atoms with Crippen molar-refractivity contribution in [3.05, 3.63) is 59.7 Å². The smallest absolute Gasteiger partial charge is 0.238 e. The Labute approximate surface area is 154 Å². The number of sulfonamides is 1. The number of aliphatic hydroxyl groups is 1. The SMILES string of the molecule is Cl.NS(=O)(=O)c1ccc(CCNCc2ccc(OCCO)cc2)cc1. The molecular formula is C17H23ClN2O4S. The van der Waals surface area contributed by atoms with Gasteiger partial charge in [-0.1, -0.05) is 24.3 Å². The average Bonchev–Trinajstić information content (AvgIpc) is 2.57. The lowest BCUT2D eigenvalue weighted by molar-refractivity contribution is 0.201. The molecule has 0 unspecified atom stereocenters. The van der Waals surface area contributed by atoms with Crippen LogP contribution in [-0.2, 0) is 23.0 Å². The van der Waals surface area contributed by atoms with Gasteiger partial charge in [0.05, 0.1) is 11.5 Å². The highest BCUT2D eigenvalue weighted by Crippen LogP contribution is 2.12. The summed E-state index contributed by atoms with van der Waals surface area (Å²) in [6, 6.07) is 14.3. The quantitative estimate of drug-likeness (QED) is 0.566. The maximum absolute atomic E-state index is 11.2. The van der Waals surface area contributed by atoms with Crippen LogP contribution in [0.4, 0.5) is 0 Å². The van der Waals surface area contributed by atoms with Crippen LogP contribution in [0.15, 0.2) is 53.4 Å². The van der Waals surface area contributed by atoms with E-state index in [1.807, 2.05) is 24.3 Å². The Balaban J connectivity index is 0.00000312. The fraction of sp³-hybridized carbons (Fsp3) is 0.294. The number of rotatable bonds is 9. The van der Waals surface area contributed by atoms with Crippen molar-refractivity contribution < 1.29 is 18.3 Å². The third-order valence-electron chi connectivity index (χ3n) is 3.45. The minimum absolute atomic E-state index is 0. The molecular weight excluding hydrogens is 364 g/mol. The Bertz CT molecular complexity index is 734. The van der Waals surface area contributed by atoms with Crippen molar-refractivity contribution in [3.63, 3.8) is 0 Å². The number of hydrogen-bond acceptors (Lipinski definition) is 5. The first kappa shape index (κ1) is 21.4. The van der Waals surface area contributed by atoms with Crippen LogP contribution >= 0.6 is 12.4 Å². The molecule has 0 radical (unpaired) electrons. The van der Waals surface area contributed by atoms with Gasteiger partial charge in [-0.25, -0.2) is 13.6 Å². The van der Waals surface area contributed by atoms with Gasteiger partial charge in [0.15, 0.2) is 0 Å². The minimum Gasteiger partial charge on any atom is -0.491 e. The Hall–Kier alpha value is -1.64. The van der Waals surface area contributed by atoms with Crippen molar-refractivity contribution in [2.75, 3.05) is 19.8 Å². The lowest BCUT2D eigenvalue weighted by atomic mass is 10.1. The molecule has 0 bridgehead atoms. The van der Waals surface area contributed by atoms with E-state index in [9.17, 15) is 8.42 Å². The fourth-order valence-electron chi connectivity index (χ4n) is 2.18. The van der Waals surface area contributed by atoms with E-state index >= 15 is 0 Å². The molecule has 2 aromatic carbocycles. The van der Waals surface area contributed by atoms with Crippen LogP contribution < -0.4 is 15.2 Å². The predicted molar refractivity (Wildman–Crippen MR) is 99.5 cm³/mol. The van der Waals surface area contributed by atoms with Crippen LogP contribution in [0.5, 0.6) is 5.75 Å². The summed E-state index contributed by atoms with van der Waals surface area (Å²) in [4.78, 5) is 0.128. The summed E-state index contributed by atoms with van der Waals surface area (Å²) in [7, 11) is -3.63. The zero-order chi connectivity index (χ0) is 17.4. The Morgan fingerprint density at radius 1 is 1.00 bits per heavy atom. The van der Waals surface area contributed by atoms with Crippen LogP contribution in [0.2, 0.25) is 0 Å². The highest BCUT2D eigenvalue weighted by Gasteiger charge is 2.06. The Morgan fingerprint density at radius 3 is 2.16 bits per heavy atom. The van der Waals surface area contributed by atoms with E-state index in [0.717, 1.165) is 36.4 Å². The molecule has 2 aromatic rings. The van der Waals surface area contributed by atoms with Gasteiger partial charge in [-0.3, -0.25) is 0 Å². The molecule has 0 saturated carbocycles. The zero-order valence-corrected chi connectivity index (χ0v) is 15.4. The van der Waals surface area contributed by atoms with Crippen LogP contribution in [0.25, 0.3) is 0 Å². The molecule has 0 aliphatic heterocycles. The summed E-state index contributed by atoms with van der Waals surface area (Å²) >= 11 is 0. The number of ether oxygens (including phenoxy) is 1. The van der Waals surface area contributed by atoms with Gasteiger partial charge >= 0.3 is 0 Å². The molecule has 0 heterocycles. The molecule has 0 fully saturated rings. The van der Waals surface area contributed by atoms with Crippen molar-refractivity contribution in [3.8, 4) is 5.75 Å². The lowest BCUT2D eigenvalue weighted by Crippen LogP contribution is -2.17. The second-order valence-corrected chi connectivity index (χ2v) is 6.89. The minimum atomic E-state index is -3.63. The van der Waals surface area contributed by atoms with Gasteiger partial charge in [-0.05, 0) is 48.4 Å². The third-order valence-corrected chi connectivity index (χ3v) is 4.38. The molecule has 0 spiro atoms. The highest BCUT2D eigenvalue weighted by atomic mass is 35.5. The van der Waals surface area contributed by atoms with E-state index in [1.54, 1.807) is 12.1 Å². The summed E-state index contributed by atoms with van der Waals surface area (Å²) in [5.41, 5.74) is 2.18. The number of nitrogens with two attached hydrogens (primary N) is 1. The van der Waals surface area contributed by atoms with Gasteiger partial charge in [-0.15, -0.1) is 12.4 Å². The largest absolute Gasteiger partial charge is 0.491 e. The number of primary sulfonamides is 1. The second-order valence-electron chi connectivity index (χ2n) is 5.33. The maximum atomic E-state index is 11.2. The maximum Gasteiger partial charge on any atom is 0.238 e. The van der Waals surface area contributed by atoms with Crippen molar-refractivity contribution in [2.24, 2.45) is 5.14 Å². The zero-order valence-electron chi connectivity index (χ0n) is 13.7. The van der Waals surface area contributed by atoms with Crippen molar-refractivity contribution >= 4 is 22.4 Å². The van der Waals surface area contributed by atoms with Crippen LogP contribution in [0.3, 0.4) is 0 Å². The van der Waals surface area contributed by atoms with E-state index < -0.39 is 10.0 Å². The molecule has 0 saturated heterocycles. The molecule has 138 valence electrons. The molecule has 0 atom stereocenters. The van der Waals surface area contributed by atoms with Gasteiger partial charge in [-0.2, -0.15) is 0 Å².